The van der Waals surface area contributed by atoms with Crippen molar-refractivity contribution in [2.45, 2.75) is 68.2 Å². The summed E-state index contributed by atoms with van der Waals surface area (Å²) < 4.78 is 33.7. The van der Waals surface area contributed by atoms with Crippen LogP contribution in [-0.4, -0.2) is 53.0 Å². The molecule has 0 amide bonds. The fourth-order valence-corrected chi connectivity index (χ4v) is 7.52. The number of hydrogen-bond donors (Lipinski definition) is 3. The molecule has 1 aromatic heterocycles. The highest BCUT2D eigenvalue weighted by Crippen LogP contribution is 2.47. The van der Waals surface area contributed by atoms with Crippen LogP contribution in [0.3, 0.4) is 0 Å². The Morgan fingerprint density at radius 2 is 1.77 bits per heavy atom. The largest absolute Gasteiger partial charge is 0.497 e. The standard InChI is InChI=1S/C27H34N2O5S/c1-26(2)18-14-22(27(3,31)25(30)15-18)23(28-26)13-17-16-29(24-8-6-5-7-21(17)24)35(32,33)20-11-9-19(34-4)10-12-20/h5-12,16,18,22-23,25,28,30-31H,13-15H2,1-4H3/t18-,22-,23-,25+,27-/m1/s1. The Balaban J connectivity index is 1.56. The highest BCUT2D eigenvalue weighted by molar-refractivity contribution is 7.90. The Hall–Kier alpha value is -2.39. The number of hydrogen-bond acceptors (Lipinski definition) is 6. The van der Waals surface area contributed by atoms with Gasteiger partial charge >= 0.3 is 0 Å². The van der Waals surface area contributed by atoms with E-state index < -0.39 is 21.7 Å². The first-order valence-corrected chi connectivity index (χ1v) is 13.6. The van der Waals surface area contributed by atoms with Crippen LogP contribution in [0.15, 0.2) is 59.6 Å². The number of nitrogens with zero attached hydrogens (tertiary/aromatic N) is 1. The molecule has 2 heterocycles. The number of rotatable bonds is 5. The number of aromatic nitrogens is 1. The Morgan fingerprint density at radius 3 is 2.46 bits per heavy atom. The molecule has 3 aromatic rings. The van der Waals surface area contributed by atoms with Crippen LogP contribution in [0.25, 0.3) is 10.9 Å². The van der Waals surface area contributed by atoms with Crippen molar-refractivity contribution in [2.24, 2.45) is 11.8 Å². The molecule has 3 N–H and O–H groups in total. The third-order valence-corrected chi connectivity index (χ3v) is 10.0. The lowest BCUT2D eigenvalue weighted by Gasteiger charge is -2.57. The molecule has 5 atom stereocenters. The minimum absolute atomic E-state index is 0.117. The molecule has 0 radical (unpaired) electrons. The van der Waals surface area contributed by atoms with E-state index in [1.807, 2.05) is 24.3 Å². The van der Waals surface area contributed by atoms with E-state index in [1.54, 1.807) is 44.5 Å². The van der Waals surface area contributed by atoms with Crippen molar-refractivity contribution in [1.29, 1.82) is 0 Å². The summed E-state index contributed by atoms with van der Waals surface area (Å²) in [4.78, 5) is 0.184. The topological polar surface area (TPSA) is 101 Å². The first-order chi connectivity index (χ1) is 16.4. The quantitative estimate of drug-likeness (QED) is 0.499. The molecular formula is C27H34N2O5S. The molecule has 1 aliphatic heterocycles. The molecule has 1 saturated carbocycles. The second-order valence-corrected chi connectivity index (χ2v) is 12.7. The average Bonchev–Trinajstić information content (AvgIpc) is 3.19. The fourth-order valence-electron chi connectivity index (χ4n) is 6.12. The first kappa shape index (κ1) is 24.3. The summed E-state index contributed by atoms with van der Waals surface area (Å²) in [6.45, 7) is 6.01. The summed E-state index contributed by atoms with van der Waals surface area (Å²) in [6, 6.07) is 13.8. The molecule has 2 aliphatic rings. The minimum atomic E-state index is -3.83. The Bertz CT molecular complexity index is 1340. The lowest BCUT2D eigenvalue weighted by Crippen LogP contribution is -2.69. The molecule has 188 valence electrons. The van der Waals surface area contributed by atoms with Gasteiger partial charge in [0, 0.05) is 29.1 Å². The maximum absolute atomic E-state index is 13.6. The van der Waals surface area contributed by atoms with E-state index >= 15 is 0 Å². The zero-order valence-electron chi connectivity index (χ0n) is 20.6. The van der Waals surface area contributed by atoms with Gasteiger partial charge in [0.05, 0.1) is 29.2 Å². The lowest BCUT2D eigenvalue weighted by atomic mass is 9.59. The van der Waals surface area contributed by atoms with E-state index in [0.717, 1.165) is 17.4 Å². The van der Waals surface area contributed by atoms with Gasteiger partial charge in [-0.15, -0.1) is 0 Å². The van der Waals surface area contributed by atoms with Crippen molar-refractivity contribution in [3.63, 3.8) is 0 Å². The number of ether oxygens (including phenoxy) is 1. The first-order valence-electron chi connectivity index (χ1n) is 12.1. The van der Waals surface area contributed by atoms with E-state index in [4.69, 9.17) is 4.74 Å². The number of piperidine rings is 1. The van der Waals surface area contributed by atoms with Crippen LogP contribution in [0.4, 0.5) is 0 Å². The Morgan fingerprint density at radius 1 is 1.09 bits per heavy atom. The van der Waals surface area contributed by atoms with E-state index in [9.17, 15) is 18.6 Å². The van der Waals surface area contributed by atoms with E-state index in [2.05, 4.69) is 19.2 Å². The van der Waals surface area contributed by atoms with Gasteiger partial charge < -0.3 is 20.3 Å². The van der Waals surface area contributed by atoms with Crippen LogP contribution in [-0.2, 0) is 16.4 Å². The molecule has 35 heavy (non-hydrogen) atoms. The molecule has 0 unspecified atom stereocenters. The number of nitrogens with one attached hydrogen (secondary N) is 1. The maximum Gasteiger partial charge on any atom is 0.268 e. The zero-order chi connectivity index (χ0) is 25.2. The van der Waals surface area contributed by atoms with Crippen molar-refractivity contribution < 1.29 is 23.4 Å². The highest BCUT2D eigenvalue weighted by atomic mass is 32.2. The summed E-state index contributed by atoms with van der Waals surface area (Å²) >= 11 is 0. The summed E-state index contributed by atoms with van der Waals surface area (Å²) in [5.41, 5.74) is 0.0895. The van der Waals surface area contributed by atoms with Gasteiger partial charge in [0.2, 0.25) is 0 Å². The molecular weight excluding hydrogens is 464 g/mol. The van der Waals surface area contributed by atoms with Gasteiger partial charge in [-0.25, -0.2) is 12.4 Å². The number of benzene rings is 2. The molecule has 2 aromatic carbocycles. The van der Waals surface area contributed by atoms with Crippen molar-refractivity contribution in [2.75, 3.05) is 7.11 Å². The molecule has 2 fully saturated rings. The van der Waals surface area contributed by atoms with E-state index in [0.29, 0.717) is 24.1 Å². The summed E-state index contributed by atoms with van der Waals surface area (Å²) in [5, 5.41) is 26.5. The monoisotopic (exact) mass is 498 g/mol. The minimum Gasteiger partial charge on any atom is -0.497 e. The number of fused-ring (bicyclic) bond motifs is 3. The predicted molar refractivity (Wildman–Crippen MR) is 135 cm³/mol. The average molecular weight is 499 g/mol. The van der Waals surface area contributed by atoms with Crippen molar-refractivity contribution >= 4 is 20.9 Å². The van der Waals surface area contributed by atoms with Crippen LogP contribution in [0, 0.1) is 11.8 Å². The number of aliphatic hydroxyl groups excluding tert-OH is 1. The third kappa shape index (κ3) is 3.96. The highest BCUT2D eigenvalue weighted by Gasteiger charge is 2.55. The van der Waals surface area contributed by atoms with Crippen LogP contribution < -0.4 is 10.1 Å². The van der Waals surface area contributed by atoms with Gasteiger partial charge in [-0.2, -0.15) is 0 Å². The SMILES string of the molecule is COc1ccc(S(=O)(=O)n2cc(C[C@H]3NC(C)(C)[C@@H]4C[C@H]3[C@@](C)(O)[C@@H](O)C4)c3ccccc32)cc1. The van der Waals surface area contributed by atoms with Crippen LogP contribution in [0.5, 0.6) is 5.75 Å². The van der Waals surface area contributed by atoms with Gasteiger partial charge in [-0.05, 0) is 81.8 Å². The maximum atomic E-state index is 13.6. The van der Waals surface area contributed by atoms with Crippen LogP contribution >= 0.6 is 0 Å². The molecule has 1 aliphatic carbocycles. The van der Waals surface area contributed by atoms with Gasteiger partial charge in [0.25, 0.3) is 10.0 Å². The summed E-state index contributed by atoms with van der Waals surface area (Å²) in [6.07, 6.45) is 2.84. The van der Waals surface area contributed by atoms with Crippen molar-refractivity contribution in [1.82, 2.24) is 9.29 Å². The van der Waals surface area contributed by atoms with Crippen LogP contribution in [0.1, 0.15) is 39.2 Å². The van der Waals surface area contributed by atoms with Gasteiger partial charge in [0.1, 0.15) is 5.75 Å². The van der Waals surface area contributed by atoms with E-state index in [-0.39, 0.29) is 28.3 Å². The molecule has 0 spiro atoms. The van der Waals surface area contributed by atoms with Crippen LogP contribution in [0.2, 0.25) is 0 Å². The number of aliphatic hydroxyl groups is 2. The summed E-state index contributed by atoms with van der Waals surface area (Å²) in [7, 11) is -2.29. The van der Waals surface area contributed by atoms with Gasteiger partial charge in [0.15, 0.2) is 0 Å². The van der Waals surface area contributed by atoms with Gasteiger partial charge in [-0.3, -0.25) is 0 Å². The normalized spacial score (nSPS) is 30.3. The number of methoxy groups -OCH3 is 1. The smallest absolute Gasteiger partial charge is 0.268 e. The molecule has 1 saturated heterocycles. The lowest BCUT2D eigenvalue weighted by molar-refractivity contribution is -0.170. The third-order valence-electron chi connectivity index (χ3n) is 8.35. The zero-order valence-corrected chi connectivity index (χ0v) is 21.4. The number of para-hydroxylation sites is 1. The van der Waals surface area contributed by atoms with Gasteiger partial charge in [-0.1, -0.05) is 18.2 Å². The fraction of sp³-hybridized carbons (Fsp3) is 0.481. The van der Waals surface area contributed by atoms with Crippen molar-refractivity contribution in [3.05, 3.63) is 60.3 Å². The second kappa shape index (κ2) is 8.34. The predicted octanol–water partition coefficient (Wildman–Crippen LogP) is 3.32. The molecule has 5 rings (SSSR count). The molecule has 8 heteroatoms. The summed E-state index contributed by atoms with van der Waals surface area (Å²) in [5.74, 6) is 0.702. The van der Waals surface area contributed by atoms with Crippen molar-refractivity contribution in [3.8, 4) is 5.75 Å². The molecule has 2 bridgehead atoms. The second-order valence-electron chi connectivity index (χ2n) is 10.8. The Labute approximate surface area is 206 Å². The van der Waals surface area contributed by atoms with E-state index in [1.165, 1.54) is 3.97 Å². The Kier molecular flexibility index (Phi) is 5.79. The molecule has 7 nitrogen and oxygen atoms in total.